The van der Waals surface area contributed by atoms with Crippen LogP contribution in [0.5, 0.6) is 5.75 Å². The van der Waals surface area contributed by atoms with E-state index in [2.05, 4.69) is 12.4 Å². The van der Waals surface area contributed by atoms with Crippen molar-refractivity contribution in [3.05, 3.63) is 65.7 Å². The van der Waals surface area contributed by atoms with E-state index in [1.807, 2.05) is 54.6 Å². The van der Waals surface area contributed by atoms with Crippen molar-refractivity contribution in [3.8, 4) is 5.75 Å². The maximum absolute atomic E-state index is 12.8. The zero-order chi connectivity index (χ0) is 24.1. The Morgan fingerprint density at radius 3 is 1.63 bits per heavy atom. The molecule has 1 N–H and O–H groups in total. The Labute approximate surface area is 220 Å². The number of carbonyl (C=O) groups is 1. The summed E-state index contributed by atoms with van der Waals surface area (Å²) in [6.45, 7) is 3.08. The highest BCUT2D eigenvalue weighted by molar-refractivity contribution is 6.10. The summed E-state index contributed by atoms with van der Waals surface area (Å²) < 4.78 is 0. The molecule has 0 aromatic heterocycles. The standard InChI is InChI=1S/C31H47NO2.ClH/c1-2-3-4-5-6-7-8-9-10-11-12-13-14-15-16-22-27-32-34-30-26-21-20-25-29(30)31(33)28-23-18-17-19-24-28;/h17-21,23-26,32H,2-16,22,27H2,1H3;1H. The van der Waals surface area contributed by atoms with Crippen molar-refractivity contribution in [2.45, 2.75) is 110 Å². The normalized spacial score (nSPS) is 10.7. The third kappa shape index (κ3) is 14.3. The Kier molecular flexibility index (Phi) is 19.1. The van der Waals surface area contributed by atoms with E-state index in [0.29, 0.717) is 16.9 Å². The average molecular weight is 502 g/mol. The van der Waals surface area contributed by atoms with E-state index in [1.165, 1.54) is 96.3 Å². The molecule has 0 saturated heterocycles. The van der Waals surface area contributed by atoms with Crippen LogP contribution in [0.25, 0.3) is 0 Å². The number of nitrogens with one attached hydrogen (secondary N) is 1. The molecule has 2 rings (SSSR count). The lowest BCUT2D eigenvalue weighted by Gasteiger charge is -2.11. The lowest BCUT2D eigenvalue weighted by molar-refractivity contribution is 0.102. The van der Waals surface area contributed by atoms with E-state index >= 15 is 0 Å². The van der Waals surface area contributed by atoms with Crippen molar-refractivity contribution in [2.75, 3.05) is 6.54 Å². The van der Waals surface area contributed by atoms with Crippen LogP contribution in [-0.2, 0) is 0 Å². The first-order valence-corrected chi connectivity index (χ1v) is 13.9. The summed E-state index contributed by atoms with van der Waals surface area (Å²) in [5.74, 6) is 0.577. The molecule has 0 unspecified atom stereocenters. The van der Waals surface area contributed by atoms with Gasteiger partial charge in [0, 0.05) is 12.1 Å². The molecule has 0 fully saturated rings. The molecule has 0 radical (unpaired) electrons. The second-order valence-corrected chi connectivity index (χ2v) is 9.49. The fourth-order valence-electron chi connectivity index (χ4n) is 4.36. The number of hydroxylamine groups is 1. The van der Waals surface area contributed by atoms with Gasteiger partial charge in [-0.05, 0) is 18.6 Å². The van der Waals surface area contributed by atoms with Crippen LogP contribution in [0, 0.1) is 0 Å². The van der Waals surface area contributed by atoms with Crippen molar-refractivity contribution in [2.24, 2.45) is 0 Å². The first-order chi connectivity index (χ1) is 16.8. The molecule has 196 valence electrons. The summed E-state index contributed by atoms with van der Waals surface area (Å²) in [7, 11) is 0. The predicted molar refractivity (Wildman–Crippen MR) is 152 cm³/mol. The Hall–Kier alpha value is -1.84. The van der Waals surface area contributed by atoms with Gasteiger partial charge in [-0.3, -0.25) is 4.79 Å². The number of hydrogen-bond donors (Lipinski definition) is 1. The van der Waals surface area contributed by atoms with Crippen LogP contribution in [0.15, 0.2) is 54.6 Å². The zero-order valence-electron chi connectivity index (χ0n) is 21.9. The summed E-state index contributed by atoms with van der Waals surface area (Å²) in [5, 5.41) is 0. The van der Waals surface area contributed by atoms with Gasteiger partial charge in [0.15, 0.2) is 11.5 Å². The van der Waals surface area contributed by atoms with E-state index in [1.54, 1.807) is 0 Å². The topological polar surface area (TPSA) is 38.3 Å². The first-order valence-electron chi connectivity index (χ1n) is 13.9. The van der Waals surface area contributed by atoms with Crippen LogP contribution >= 0.6 is 12.4 Å². The Morgan fingerprint density at radius 1 is 0.629 bits per heavy atom. The van der Waals surface area contributed by atoms with Crippen molar-refractivity contribution < 1.29 is 9.63 Å². The Bertz CT molecular complexity index is 766. The van der Waals surface area contributed by atoms with Crippen LogP contribution < -0.4 is 10.3 Å². The Morgan fingerprint density at radius 2 is 1.09 bits per heavy atom. The molecule has 0 spiro atoms. The van der Waals surface area contributed by atoms with Crippen molar-refractivity contribution in [3.63, 3.8) is 0 Å². The van der Waals surface area contributed by atoms with Gasteiger partial charge in [0.25, 0.3) is 0 Å². The van der Waals surface area contributed by atoms with Crippen LogP contribution in [0.4, 0.5) is 0 Å². The van der Waals surface area contributed by atoms with Crippen molar-refractivity contribution in [1.82, 2.24) is 5.48 Å². The van der Waals surface area contributed by atoms with Gasteiger partial charge in [-0.1, -0.05) is 146 Å². The molecule has 0 heterocycles. The molecule has 2 aromatic carbocycles. The van der Waals surface area contributed by atoms with Gasteiger partial charge < -0.3 is 4.84 Å². The van der Waals surface area contributed by atoms with Gasteiger partial charge in [0.05, 0.1) is 5.56 Å². The van der Waals surface area contributed by atoms with Crippen LogP contribution in [0.1, 0.15) is 126 Å². The monoisotopic (exact) mass is 501 g/mol. The largest absolute Gasteiger partial charge is 0.408 e. The number of ketones is 1. The molecule has 0 aliphatic carbocycles. The van der Waals surface area contributed by atoms with Gasteiger partial charge in [0.1, 0.15) is 0 Å². The van der Waals surface area contributed by atoms with Gasteiger partial charge in [-0.15, -0.1) is 12.4 Å². The SMILES string of the molecule is CCCCCCCCCCCCCCCCCCNOc1ccccc1C(=O)c1ccccc1.Cl. The summed E-state index contributed by atoms with van der Waals surface area (Å²) >= 11 is 0. The highest BCUT2D eigenvalue weighted by Gasteiger charge is 2.14. The number of rotatable bonds is 21. The van der Waals surface area contributed by atoms with Crippen LogP contribution in [0.2, 0.25) is 0 Å². The first kappa shape index (κ1) is 31.2. The van der Waals surface area contributed by atoms with Crippen LogP contribution in [0.3, 0.4) is 0 Å². The van der Waals surface area contributed by atoms with E-state index in [9.17, 15) is 4.79 Å². The van der Waals surface area contributed by atoms with E-state index < -0.39 is 0 Å². The summed E-state index contributed by atoms with van der Waals surface area (Å²) in [5.41, 5.74) is 4.31. The minimum absolute atomic E-state index is 0. The van der Waals surface area contributed by atoms with Gasteiger partial charge in [-0.25, -0.2) is 0 Å². The van der Waals surface area contributed by atoms with Gasteiger partial charge >= 0.3 is 0 Å². The van der Waals surface area contributed by atoms with Gasteiger partial charge in [-0.2, -0.15) is 5.48 Å². The number of para-hydroxylation sites is 1. The highest BCUT2D eigenvalue weighted by Crippen LogP contribution is 2.21. The number of halogens is 1. The number of benzene rings is 2. The lowest BCUT2D eigenvalue weighted by Crippen LogP contribution is -2.21. The summed E-state index contributed by atoms with van der Waals surface area (Å²) in [6.07, 6.45) is 21.9. The molecule has 0 aliphatic heterocycles. The predicted octanol–water partition coefficient (Wildman–Crippen LogP) is 9.48. The van der Waals surface area contributed by atoms with Crippen molar-refractivity contribution in [1.29, 1.82) is 0 Å². The smallest absolute Gasteiger partial charge is 0.196 e. The molecule has 0 aliphatic rings. The molecule has 35 heavy (non-hydrogen) atoms. The average Bonchev–Trinajstić information content (AvgIpc) is 2.88. The molecular formula is C31H48ClNO2. The summed E-state index contributed by atoms with van der Waals surface area (Å²) in [4.78, 5) is 18.5. The van der Waals surface area contributed by atoms with E-state index in [-0.39, 0.29) is 18.2 Å². The molecule has 2 aromatic rings. The molecular weight excluding hydrogens is 454 g/mol. The molecule has 0 bridgehead atoms. The minimum Gasteiger partial charge on any atom is -0.408 e. The molecule has 0 saturated carbocycles. The number of hydrogen-bond acceptors (Lipinski definition) is 3. The number of carbonyl (C=O) groups excluding carboxylic acids is 1. The maximum atomic E-state index is 12.8. The van der Waals surface area contributed by atoms with Gasteiger partial charge in [0.2, 0.25) is 0 Å². The third-order valence-electron chi connectivity index (χ3n) is 6.48. The second kappa shape index (κ2) is 21.4. The van der Waals surface area contributed by atoms with E-state index in [4.69, 9.17) is 4.84 Å². The second-order valence-electron chi connectivity index (χ2n) is 9.49. The number of unbranched alkanes of at least 4 members (excludes halogenated alkanes) is 15. The lowest BCUT2D eigenvalue weighted by atomic mass is 10.0. The molecule has 0 atom stereocenters. The maximum Gasteiger partial charge on any atom is 0.196 e. The minimum atomic E-state index is -0.0135. The molecule has 3 nitrogen and oxygen atoms in total. The zero-order valence-corrected chi connectivity index (χ0v) is 22.8. The summed E-state index contributed by atoms with van der Waals surface area (Å²) in [6, 6.07) is 16.8. The fraction of sp³-hybridized carbons (Fsp3) is 0.581. The van der Waals surface area contributed by atoms with Crippen LogP contribution in [-0.4, -0.2) is 12.3 Å². The molecule has 4 heteroatoms. The van der Waals surface area contributed by atoms with Crippen molar-refractivity contribution >= 4 is 18.2 Å². The van der Waals surface area contributed by atoms with E-state index in [0.717, 1.165) is 13.0 Å². The fourth-order valence-corrected chi connectivity index (χ4v) is 4.36. The molecule has 0 amide bonds. The highest BCUT2D eigenvalue weighted by atomic mass is 35.5. The quantitative estimate of drug-likeness (QED) is 0.105. The Balaban J connectivity index is 0.00000612. The third-order valence-corrected chi connectivity index (χ3v) is 6.48.